The molecule has 2 aromatic heterocycles. The van der Waals surface area contributed by atoms with E-state index in [1.807, 2.05) is 12.3 Å². The van der Waals surface area contributed by atoms with Gasteiger partial charge in [-0.25, -0.2) is 0 Å². The number of nitrogens with zero attached hydrogens (tertiary/aromatic N) is 3. The molecule has 0 bridgehead atoms. The van der Waals surface area contributed by atoms with E-state index >= 15 is 0 Å². The average Bonchev–Trinajstić information content (AvgIpc) is 2.85. The Balaban J connectivity index is 2.15. The van der Waals surface area contributed by atoms with Crippen LogP contribution in [0.3, 0.4) is 0 Å². The van der Waals surface area contributed by atoms with E-state index < -0.39 is 0 Å². The summed E-state index contributed by atoms with van der Waals surface area (Å²) in [6.07, 6.45) is 9.12. The summed E-state index contributed by atoms with van der Waals surface area (Å²) >= 11 is 0. The summed E-state index contributed by atoms with van der Waals surface area (Å²) in [6, 6.07) is 2.67. The molecule has 0 spiro atoms. The summed E-state index contributed by atoms with van der Waals surface area (Å²) in [5.41, 5.74) is 6.90. The summed E-state index contributed by atoms with van der Waals surface area (Å²) < 4.78 is 2.30. The topological polar surface area (TPSA) is 56.7 Å². The first kappa shape index (κ1) is 8.71. The maximum Gasteiger partial charge on any atom is 0.155 e. The van der Waals surface area contributed by atoms with Gasteiger partial charge in [-0.1, -0.05) is 12.8 Å². The summed E-state index contributed by atoms with van der Waals surface area (Å²) in [4.78, 5) is 0. The van der Waals surface area contributed by atoms with E-state index in [9.17, 15) is 0 Å². The van der Waals surface area contributed by atoms with Crippen molar-refractivity contribution in [3.05, 3.63) is 18.5 Å². The van der Waals surface area contributed by atoms with Crippen molar-refractivity contribution in [1.82, 2.24) is 14.8 Å². The molecule has 0 saturated heterocycles. The van der Waals surface area contributed by atoms with E-state index in [0.29, 0.717) is 11.9 Å². The fourth-order valence-electron chi connectivity index (χ4n) is 2.51. The molecule has 1 aliphatic rings. The normalized spacial score (nSPS) is 17.6. The highest BCUT2D eigenvalue weighted by molar-refractivity contribution is 5.88. The summed E-state index contributed by atoms with van der Waals surface area (Å²) in [7, 11) is 0. The van der Waals surface area contributed by atoms with Crippen LogP contribution in [-0.4, -0.2) is 14.8 Å². The molecule has 2 N–H and O–H groups in total. The van der Waals surface area contributed by atoms with Crippen LogP contribution in [0.25, 0.3) is 10.9 Å². The first-order valence-corrected chi connectivity index (χ1v) is 5.44. The zero-order chi connectivity index (χ0) is 10.3. The molecule has 1 saturated carbocycles. The van der Waals surface area contributed by atoms with Gasteiger partial charge in [-0.05, 0) is 18.9 Å². The molecule has 1 fully saturated rings. The molecule has 2 aromatic rings. The highest BCUT2D eigenvalue weighted by atomic mass is 15.1. The van der Waals surface area contributed by atoms with Crippen molar-refractivity contribution < 1.29 is 0 Å². The minimum absolute atomic E-state index is 0.532. The lowest BCUT2D eigenvalue weighted by Gasteiger charge is -2.12. The third kappa shape index (κ3) is 1.28. The molecule has 4 nitrogen and oxygen atoms in total. The van der Waals surface area contributed by atoms with Crippen LogP contribution in [0.4, 0.5) is 5.82 Å². The molecular formula is C11H14N4. The first-order valence-electron chi connectivity index (χ1n) is 5.44. The van der Waals surface area contributed by atoms with Crippen LogP contribution in [0.2, 0.25) is 0 Å². The highest BCUT2D eigenvalue weighted by Gasteiger charge is 2.18. The lowest BCUT2D eigenvalue weighted by molar-refractivity contribution is 0.535. The van der Waals surface area contributed by atoms with Crippen molar-refractivity contribution in [3.8, 4) is 0 Å². The van der Waals surface area contributed by atoms with Crippen molar-refractivity contribution >= 4 is 16.7 Å². The molecule has 1 aliphatic carbocycles. The molecule has 2 heterocycles. The smallest absolute Gasteiger partial charge is 0.155 e. The highest BCUT2D eigenvalue weighted by Crippen LogP contribution is 2.33. The number of nitrogens with two attached hydrogens (primary N) is 1. The summed E-state index contributed by atoms with van der Waals surface area (Å²) in [5, 5.41) is 8.81. The third-order valence-corrected chi connectivity index (χ3v) is 3.30. The van der Waals surface area contributed by atoms with Crippen LogP contribution < -0.4 is 5.73 Å². The molecule has 0 atom stereocenters. The molecule has 0 aliphatic heterocycles. The first-order chi connectivity index (χ1) is 7.36. The number of anilines is 1. The molecule has 15 heavy (non-hydrogen) atoms. The third-order valence-electron chi connectivity index (χ3n) is 3.30. The van der Waals surface area contributed by atoms with Gasteiger partial charge in [0.2, 0.25) is 0 Å². The Hall–Kier alpha value is -1.58. The van der Waals surface area contributed by atoms with E-state index in [2.05, 4.69) is 21.0 Å². The number of rotatable bonds is 1. The van der Waals surface area contributed by atoms with Gasteiger partial charge in [0.25, 0.3) is 0 Å². The fourth-order valence-corrected chi connectivity index (χ4v) is 2.51. The van der Waals surface area contributed by atoms with Gasteiger partial charge in [0, 0.05) is 17.6 Å². The summed E-state index contributed by atoms with van der Waals surface area (Å²) in [6.45, 7) is 0. The minimum Gasteiger partial charge on any atom is -0.382 e. The number of fused-ring (bicyclic) bond motifs is 1. The second-order valence-electron chi connectivity index (χ2n) is 4.19. The molecule has 4 heteroatoms. The standard InChI is InChI=1S/C11H14N4/c12-11-9-5-6-15(8-3-1-2-4-8)10(9)7-13-14-11/h5-8H,1-4H2,(H2,12,14). The second kappa shape index (κ2) is 3.22. The van der Waals surface area contributed by atoms with Gasteiger partial charge in [0.1, 0.15) is 0 Å². The second-order valence-corrected chi connectivity index (χ2v) is 4.19. The largest absolute Gasteiger partial charge is 0.382 e. The minimum atomic E-state index is 0.532. The average molecular weight is 202 g/mol. The van der Waals surface area contributed by atoms with Crippen LogP contribution in [0, 0.1) is 0 Å². The number of hydrogen-bond donors (Lipinski definition) is 1. The Kier molecular flexibility index (Phi) is 1.87. The Labute approximate surface area is 88.1 Å². The molecule has 0 radical (unpaired) electrons. The number of hydrogen-bond acceptors (Lipinski definition) is 3. The quantitative estimate of drug-likeness (QED) is 0.770. The molecule has 78 valence electrons. The molecule has 0 aromatic carbocycles. The van der Waals surface area contributed by atoms with Gasteiger partial charge in [-0.15, -0.1) is 5.10 Å². The predicted molar refractivity (Wildman–Crippen MR) is 59.4 cm³/mol. The fraction of sp³-hybridized carbons (Fsp3) is 0.455. The Morgan fingerprint density at radius 1 is 1.33 bits per heavy atom. The van der Waals surface area contributed by atoms with Crippen LogP contribution in [0.15, 0.2) is 18.5 Å². The van der Waals surface area contributed by atoms with Crippen LogP contribution in [-0.2, 0) is 0 Å². The molecular weight excluding hydrogens is 188 g/mol. The maximum atomic E-state index is 5.78. The number of nitrogen functional groups attached to an aromatic ring is 1. The number of aromatic nitrogens is 3. The van der Waals surface area contributed by atoms with E-state index in [4.69, 9.17) is 5.73 Å². The van der Waals surface area contributed by atoms with E-state index in [1.54, 1.807) is 0 Å². The van der Waals surface area contributed by atoms with E-state index in [1.165, 1.54) is 25.7 Å². The Bertz CT molecular complexity index is 482. The van der Waals surface area contributed by atoms with E-state index in [0.717, 1.165) is 10.9 Å². The van der Waals surface area contributed by atoms with Gasteiger partial charge < -0.3 is 10.3 Å². The molecule has 0 unspecified atom stereocenters. The lowest BCUT2D eigenvalue weighted by Crippen LogP contribution is -2.03. The van der Waals surface area contributed by atoms with Gasteiger partial charge >= 0.3 is 0 Å². The van der Waals surface area contributed by atoms with Crippen molar-refractivity contribution in [2.24, 2.45) is 0 Å². The predicted octanol–water partition coefficient (Wildman–Crippen LogP) is 2.13. The Morgan fingerprint density at radius 2 is 2.13 bits per heavy atom. The van der Waals surface area contributed by atoms with Crippen molar-refractivity contribution in [1.29, 1.82) is 0 Å². The van der Waals surface area contributed by atoms with E-state index in [-0.39, 0.29) is 0 Å². The Morgan fingerprint density at radius 3 is 2.93 bits per heavy atom. The van der Waals surface area contributed by atoms with Crippen molar-refractivity contribution in [2.75, 3.05) is 5.73 Å². The van der Waals surface area contributed by atoms with Crippen LogP contribution in [0.5, 0.6) is 0 Å². The zero-order valence-corrected chi connectivity index (χ0v) is 8.56. The van der Waals surface area contributed by atoms with Crippen LogP contribution in [0.1, 0.15) is 31.7 Å². The van der Waals surface area contributed by atoms with Crippen molar-refractivity contribution in [2.45, 2.75) is 31.7 Å². The van der Waals surface area contributed by atoms with Crippen LogP contribution >= 0.6 is 0 Å². The van der Waals surface area contributed by atoms with Gasteiger partial charge in [0.15, 0.2) is 5.82 Å². The monoisotopic (exact) mass is 202 g/mol. The summed E-state index contributed by atoms with van der Waals surface area (Å²) in [5.74, 6) is 0.532. The zero-order valence-electron chi connectivity index (χ0n) is 8.56. The maximum absolute atomic E-state index is 5.78. The lowest BCUT2D eigenvalue weighted by atomic mass is 10.2. The van der Waals surface area contributed by atoms with Gasteiger partial charge in [0.05, 0.1) is 11.7 Å². The van der Waals surface area contributed by atoms with Crippen molar-refractivity contribution in [3.63, 3.8) is 0 Å². The van der Waals surface area contributed by atoms with Gasteiger partial charge in [-0.3, -0.25) is 0 Å². The molecule has 0 amide bonds. The van der Waals surface area contributed by atoms with Gasteiger partial charge in [-0.2, -0.15) is 5.10 Å². The molecule has 3 rings (SSSR count). The SMILES string of the molecule is Nc1nncc2c1ccn2C1CCCC1.